The van der Waals surface area contributed by atoms with Crippen LogP contribution in [-0.2, 0) is 11.2 Å². The van der Waals surface area contributed by atoms with Crippen molar-refractivity contribution in [2.45, 2.75) is 50.5 Å². The number of hydrogen-bond donors (Lipinski definition) is 4. The molecule has 1 saturated heterocycles. The minimum atomic E-state index is -1.84. The van der Waals surface area contributed by atoms with Crippen LogP contribution in [0.1, 0.15) is 23.6 Å². The van der Waals surface area contributed by atoms with Crippen molar-refractivity contribution in [3.05, 3.63) is 59.2 Å². The van der Waals surface area contributed by atoms with Gasteiger partial charge in [0.2, 0.25) is 6.29 Å². The van der Waals surface area contributed by atoms with Gasteiger partial charge in [-0.15, -0.1) is 0 Å². The van der Waals surface area contributed by atoms with Gasteiger partial charge in [-0.1, -0.05) is 36.4 Å². The molecule has 6 nitrogen and oxygen atoms in total. The third kappa shape index (κ3) is 3.58. The molecular weight excluding hydrogens is 372 g/mol. The zero-order valence-electron chi connectivity index (χ0n) is 16.4. The summed E-state index contributed by atoms with van der Waals surface area (Å²) in [6.45, 7) is 2.72. The highest BCUT2D eigenvalue weighted by molar-refractivity contribution is 5.71. The lowest BCUT2D eigenvalue weighted by molar-refractivity contribution is -0.314. The molecule has 0 radical (unpaired) electrons. The summed E-state index contributed by atoms with van der Waals surface area (Å²) >= 11 is 0. The lowest BCUT2D eigenvalue weighted by Gasteiger charge is -2.45. The van der Waals surface area contributed by atoms with Crippen molar-refractivity contribution < 1.29 is 29.9 Å². The average molecular weight is 398 g/mol. The molecule has 0 saturated carbocycles. The highest BCUT2D eigenvalue weighted by atomic mass is 16.7. The molecule has 0 amide bonds. The lowest BCUT2D eigenvalue weighted by atomic mass is 9.88. The van der Waals surface area contributed by atoms with Gasteiger partial charge >= 0.3 is 0 Å². The van der Waals surface area contributed by atoms with E-state index in [1.807, 2.05) is 19.1 Å². The number of hydrogen-bond acceptors (Lipinski definition) is 6. The van der Waals surface area contributed by atoms with Crippen molar-refractivity contribution in [2.24, 2.45) is 0 Å². The number of aryl methyl sites for hydroxylation is 1. The molecule has 154 valence electrons. The summed E-state index contributed by atoms with van der Waals surface area (Å²) in [7, 11) is 0. The van der Waals surface area contributed by atoms with Crippen LogP contribution in [0.15, 0.2) is 42.5 Å². The van der Waals surface area contributed by atoms with E-state index >= 15 is 0 Å². The van der Waals surface area contributed by atoms with Crippen LogP contribution in [0.2, 0.25) is 0 Å². The molecule has 4 rings (SSSR count). The Balaban J connectivity index is 1.57. The van der Waals surface area contributed by atoms with Crippen molar-refractivity contribution in [3.63, 3.8) is 0 Å². The SMILES string of the molecule is Cc1cc(-c2ccc3c(c2)CC=C3)ccc1O[C@H]1O[C@H](CO)[C@@H](O)[C@H](O)[C@]1(C)O. The number of ether oxygens (including phenoxy) is 2. The molecule has 2 aliphatic rings. The van der Waals surface area contributed by atoms with Gasteiger partial charge in [0, 0.05) is 0 Å². The molecule has 0 bridgehead atoms. The minimum Gasteiger partial charge on any atom is -0.461 e. The molecule has 2 aromatic rings. The number of aliphatic hydroxyl groups is 4. The second-order valence-electron chi connectivity index (χ2n) is 7.97. The van der Waals surface area contributed by atoms with Crippen molar-refractivity contribution in [1.29, 1.82) is 0 Å². The largest absolute Gasteiger partial charge is 0.461 e. The first-order valence-electron chi connectivity index (χ1n) is 9.73. The molecule has 1 aliphatic carbocycles. The van der Waals surface area contributed by atoms with Crippen molar-refractivity contribution in [2.75, 3.05) is 6.61 Å². The summed E-state index contributed by atoms with van der Waals surface area (Å²) in [6.07, 6.45) is 0.00619. The maximum Gasteiger partial charge on any atom is 0.231 e. The molecule has 4 N–H and O–H groups in total. The molecule has 1 aliphatic heterocycles. The van der Waals surface area contributed by atoms with E-state index in [0.29, 0.717) is 5.75 Å². The standard InChI is InChI=1S/C23H26O6/c1-13-10-16(17-7-6-14-4-3-5-15(14)11-17)8-9-18(13)28-22-23(2,27)21(26)20(25)19(12-24)29-22/h3-4,6-11,19-22,24-27H,5,12H2,1-2H3/t19-,20-,21+,22+,23+/m1/s1. The van der Waals surface area contributed by atoms with Gasteiger partial charge in [0.15, 0.2) is 5.60 Å². The van der Waals surface area contributed by atoms with Gasteiger partial charge < -0.3 is 29.9 Å². The van der Waals surface area contributed by atoms with E-state index in [4.69, 9.17) is 9.47 Å². The Morgan fingerprint density at radius 3 is 2.59 bits per heavy atom. The zero-order valence-corrected chi connectivity index (χ0v) is 16.4. The van der Waals surface area contributed by atoms with Crippen molar-refractivity contribution in [3.8, 4) is 16.9 Å². The number of aliphatic hydroxyl groups excluding tert-OH is 3. The second-order valence-corrected chi connectivity index (χ2v) is 7.97. The number of benzene rings is 2. The Bertz CT molecular complexity index is 935. The third-order valence-corrected chi connectivity index (χ3v) is 5.78. The molecule has 0 aromatic heterocycles. The predicted octanol–water partition coefficient (Wildman–Crippen LogP) is 1.80. The maximum absolute atomic E-state index is 10.6. The first-order chi connectivity index (χ1) is 13.8. The van der Waals surface area contributed by atoms with Gasteiger partial charge in [-0.3, -0.25) is 0 Å². The second kappa shape index (κ2) is 7.55. The molecule has 0 unspecified atom stereocenters. The minimum absolute atomic E-state index is 0.488. The summed E-state index contributed by atoms with van der Waals surface area (Å²) in [5.74, 6) is 0.488. The molecule has 0 spiro atoms. The van der Waals surface area contributed by atoms with Crippen LogP contribution in [0.5, 0.6) is 5.75 Å². The quantitative estimate of drug-likeness (QED) is 0.627. The van der Waals surface area contributed by atoms with E-state index in [0.717, 1.165) is 23.1 Å². The van der Waals surface area contributed by atoms with Gasteiger partial charge in [0.05, 0.1) is 6.61 Å². The van der Waals surface area contributed by atoms with E-state index in [1.54, 1.807) is 6.07 Å². The monoisotopic (exact) mass is 398 g/mol. The van der Waals surface area contributed by atoms with Gasteiger partial charge in [0.1, 0.15) is 24.1 Å². The molecule has 1 fully saturated rings. The fourth-order valence-electron chi connectivity index (χ4n) is 3.88. The van der Waals surface area contributed by atoms with Crippen LogP contribution in [0, 0.1) is 6.92 Å². The number of fused-ring (bicyclic) bond motifs is 1. The Hall–Kier alpha value is -2.22. The third-order valence-electron chi connectivity index (χ3n) is 5.78. The molecule has 5 atom stereocenters. The zero-order chi connectivity index (χ0) is 20.8. The molecular formula is C23H26O6. The van der Waals surface area contributed by atoms with Crippen LogP contribution in [0.3, 0.4) is 0 Å². The van der Waals surface area contributed by atoms with Crippen LogP contribution >= 0.6 is 0 Å². The molecule has 6 heteroatoms. The van der Waals surface area contributed by atoms with E-state index in [1.165, 1.54) is 18.1 Å². The van der Waals surface area contributed by atoms with Crippen molar-refractivity contribution in [1.82, 2.24) is 0 Å². The number of rotatable bonds is 4. The Labute approximate surface area is 169 Å². The summed E-state index contributed by atoms with van der Waals surface area (Å²) < 4.78 is 11.4. The molecule has 2 aromatic carbocycles. The van der Waals surface area contributed by atoms with E-state index in [-0.39, 0.29) is 0 Å². The highest BCUT2D eigenvalue weighted by Crippen LogP contribution is 2.34. The summed E-state index contributed by atoms with van der Waals surface area (Å²) in [5.41, 5.74) is 3.70. The maximum atomic E-state index is 10.6. The average Bonchev–Trinajstić information content (AvgIpc) is 3.17. The first-order valence-corrected chi connectivity index (χ1v) is 9.73. The van der Waals surface area contributed by atoms with Crippen LogP contribution in [-0.4, -0.2) is 57.2 Å². The smallest absolute Gasteiger partial charge is 0.231 e. The van der Waals surface area contributed by atoms with Gasteiger partial charge in [-0.25, -0.2) is 0 Å². The van der Waals surface area contributed by atoms with Crippen LogP contribution < -0.4 is 4.74 Å². The fraction of sp³-hybridized carbons (Fsp3) is 0.391. The van der Waals surface area contributed by atoms with E-state index in [9.17, 15) is 20.4 Å². The van der Waals surface area contributed by atoms with E-state index in [2.05, 4.69) is 30.4 Å². The van der Waals surface area contributed by atoms with Gasteiger partial charge in [-0.2, -0.15) is 0 Å². The molecule has 29 heavy (non-hydrogen) atoms. The Kier molecular flexibility index (Phi) is 5.23. The van der Waals surface area contributed by atoms with Gasteiger partial charge in [0.25, 0.3) is 0 Å². The van der Waals surface area contributed by atoms with Crippen LogP contribution in [0.4, 0.5) is 0 Å². The summed E-state index contributed by atoms with van der Waals surface area (Å²) in [5, 5.41) is 40.2. The lowest BCUT2D eigenvalue weighted by Crippen LogP contribution is -2.66. The predicted molar refractivity (Wildman–Crippen MR) is 108 cm³/mol. The van der Waals surface area contributed by atoms with Crippen LogP contribution in [0.25, 0.3) is 17.2 Å². The summed E-state index contributed by atoms with van der Waals surface area (Å²) in [4.78, 5) is 0. The summed E-state index contributed by atoms with van der Waals surface area (Å²) in [6, 6.07) is 12.1. The van der Waals surface area contributed by atoms with Crippen molar-refractivity contribution >= 4 is 6.08 Å². The van der Waals surface area contributed by atoms with Gasteiger partial charge in [-0.05, 0) is 60.2 Å². The fourth-order valence-corrected chi connectivity index (χ4v) is 3.88. The highest BCUT2D eigenvalue weighted by Gasteiger charge is 2.53. The Morgan fingerprint density at radius 2 is 1.86 bits per heavy atom. The molecule has 1 heterocycles. The normalized spacial score (nSPS) is 31.0. The number of allylic oxidation sites excluding steroid dienone is 1. The topological polar surface area (TPSA) is 99.4 Å². The first kappa shape index (κ1) is 20.1. The van der Waals surface area contributed by atoms with E-state index < -0.39 is 36.8 Å². The Morgan fingerprint density at radius 1 is 1.14 bits per heavy atom.